The number of carbonyl (C=O) groups excluding carboxylic acids is 1. The number of amides is 1. The lowest BCUT2D eigenvalue weighted by Gasteiger charge is -2.22. The van der Waals surface area contributed by atoms with Gasteiger partial charge in [0.25, 0.3) is 5.91 Å². The van der Waals surface area contributed by atoms with Gasteiger partial charge in [-0.2, -0.15) is 0 Å². The summed E-state index contributed by atoms with van der Waals surface area (Å²) in [6.45, 7) is 4.66. The Balaban J connectivity index is 2.21. The van der Waals surface area contributed by atoms with Crippen molar-refractivity contribution >= 4 is 21.6 Å². The Bertz CT molecular complexity index is 847. The number of halogens is 1. The van der Waals surface area contributed by atoms with E-state index in [1.807, 2.05) is 13.8 Å². The van der Waals surface area contributed by atoms with Gasteiger partial charge < -0.3 is 5.32 Å². The maximum Gasteiger partial charge on any atom is 0.251 e. The molecular weight excluding hydrogens is 355 g/mol. The Kier molecular flexibility index (Phi) is 6.37. The van der Waals surface area contributed by atoms with Crippen LogP contribution in [-0.2, 0) is 16.6 Å². The highest BCUT2D eigenvalue weighted by atomic mass is 32.2. The van der Waals surface area contributed by atoms with Gasteiger partial charge in [0.1, 0.15) is 5.82 Å². The maximum absolute atomic E-state index is 13.0. The van der Waals surface area contributed by atoms with Crippen molar-refractivity contribution in [2.45, 2.75) is 20.4 Å². The topological polar surface area (TPSA) is 66.5 Å². The van der Waals surface area contributed by atoms with Gasteiger partial charge in [-0.3, -0.25) is 9.10 Å². The van der Waals surface area contributed by atoms with Gasteiger partial charge in [-0.25, -0.2) is 12.8 Å². The van der Waals surface area contributed by atoms with E-state index in [9.17, 15) is 17.6 Å². The highest BCUT2D eigenvalue weighted by molar-refractivity contribution is 7.92. The monoisotopic (exact) mass is 378 g/mol. The van der Waals surface area contributed by atoms with Crippen molar-refractivity contribution in [3.63, 3.8) is 0 Å². The third-order valence-electron chi connectivity index (χ3n) is 3.73. The zero-order valence-corrected chi connectivity index (χ0v) is 15.9. The predicted molar refractivity (Wildman–Crippen MR) is 101 cm³/mol. The Morgan fingerprint density at radius 3 is 2.15 bits per heavy atom. The van der Waals surface area contributed by atoms with Crippen molar-refractivity contribution in [1.29, 1.82) is 0 Å². The van der Waals surface area contributed by atoms with E-state index in [-0.39, 0.29) is 18.3 Å². The molecule has 0 aliphatic carbocycles. The molecule has 2 aromatic carbocycles. The minimum absolute atomic E-state index is 0.0814. The predicted octanol–water partition coefficient (Wildman–Crippen LogP) is 3.18. The molecule has 1 N–H and O–H groups in total. The molecule has 2 aromatic rings. The summed E-state index contributed by atoms with van der Waals surface area (Å²) >= 11 is 0. The van der Waals surface area contributed by atoms with Crippen LogP contribution in [-0.4, -0.2) is 27.1 Å². The lowest BCUT2D eigenvalue weighted by Crippen LogP contribution is -2.30. The van der Waals surface area contributed by atoms with Crippen LogP contribution in [0.4, 0.5) is 10.1 Å². The molecule has 0 atom stereocenters. The van der Waals surface area contributed by atoms with Crippen LogP contribution in [0.25, 0.3) is 0 Å². The van der Waals surface area contributed by atoms with Crippen LogP contribution in [0.15, 0.2) is 48.5 Å². The lowest BCUT2D eigenvalue weighted by molar-refractivity contribution is 0.0949. The SMILES string of the molecule is CC(C)CNC(=O)c1ccc(N(Cc2ccc(F)cc2)S(C)(=O)=O)cc1. The Hall–Kier alpha value is -2.41. The minimum Gasteiger partial charge on any atom is -0.352 e. The van der Waals surface area contributed by atoms with E-state index in [1.165, 1.54) is 16.4 Å². The summed E-state index contributed by atoms with van der Waals surface area (Å²) in [6, 6.07) is 12.0. The summed E-state index contributed by atoms with van der Waals surface area (Å²) in [5.74, 6) is -0.235. The molecule has 140 valence electrons. The molecule has 0 unspecified atom stereocenters. The molecule has 0 heterocycles. The fourth-order valence-corrected chi connectivity index (χ4v) is 3.22. The van der Waals surface area contributed by atoms with Gasteiger partial charge in [-0.05, 0) is 47.9 Å². The van der Waals surface area contributed by atoms with E-state index in [0.29, 0.717) is 29.3 Å². The second-order valence-electron chi connectivity index (χ2n) is 6.55. The number of anilines is 1. The molecule has 5 nitrogen and oxygen atoms in total. The van der Waals surface area contributed by atoms with E-state index in [4.69, 9.17) is 0 Å². The van der Waals surface area contributed by atoms with E-state index in [2.05, 4.69) is 5.32 Å². The summed E-state index contributed by atoms with van der Waals surface area (Å²) < 4.78 is 38.6. The summed E-state index contributed by atoms with van der Waals surface area (Å²) in [7, 11) is -3.54. The number of sulfonamides is 1. The number of rotatable bonds is 7. The zero-order chi connectivity index (χ0) is 19.3. The molecule has 1 amide bonds. The number of nitrogens with one attached hydrogen (secondary N) is 1. The average molecular weight is 378 g/mol. The van der Waals surface area contributed by atoms with Crippen LogP contribution in [0.5, 0.6) is 0 Å². The molecule has 0 aliphatic rings. The molecule has 0 aromatic heterocycles. The molecule has 0 fully saturated rings. The Labute approximate surface area is 153 Å². The standard InChI is InChI=1S/C19H23FN2O3S/c1-14(2)12-21-19(23)16-6-10-18(11-7-16)22(26(3,24)25)13-15-4-8-17(20)9-5-15/h4-11,14H,12-13H2,1-3H3,(H,21,23). The van der Waals surface area contributed by atoms with Crippen LogP contribution in [0, 0.1) is 11.7 Å². The van der Waals surface area contributed by atoms with Gasteiger partial charge in [-0.1, -0.05) is 26.0 Å². The van der Waals surface area contributed by atoms with Crippen molar-refractivity contribution in [2.24, 2.45) is 5.92 Å². The summed E-state index contributed by atoms with van der Waals surface area (Å²) in [4.78, 5) is 12.1. The van der Waals surface area contributed by atoms with Crippen molar-refractivity contribution in [3.05, 3.63) is 65.5 Å². The molecular formula is C19H23FN2O3S. The van der Waals surface area contributed by atoms with Gasteiger partial charge in [0.2, 0.25) is 10.0 Å². The summed E-state index contributed by atoms with van der Waals surface area (Å²) in [6.07, 6.45) is 1.11. The molecule has 2 rings (SSSR count). The normalized spacial score (nSPS) is 11.4. The van der Waals surface area contributed by atoms with E-state index < -0.39 is 10.0 Å². The van der Waals surface area contributed by atoms with E-state index in [0.717, 1.165) is 6.26 Å². The third-order valence-corrected chi connectivity index (χ3v) is 4.87. The van der Waals surface area contributed by atoms with Crippen LogP contribution < -0.4 is 9.62 Å². The number of nitrogens with zero attached hydrogens (tertiary/aromatic N) is 1. The first-order valence-electron chi connectivity index (χ1n) is 8.27. The molecule has 0 aliphatic heterocycles. The first-order chi connectivity index (χ1) is 12.2. The Morgan fingerprint density at radius 1 is 1.08 bits per heavy atom. The number of benzene rings is 2. The van der Waals surface area contributed by atoms with Crippen molar-refractivity contribution < 1.29 is 17.6 Å². The largest absolute Gasteiger partial charge is 0.352 e. The van der Waals surface area contributed by atoms with Crippen LogP contribution in [0.2, 0.25) is 0 Å². The van der Waals surface area contributed by atoms with E-state index >= 15 is 0 Å². The molecule has 0 saturated heterocycles. The molecule has 0 saturated carbocycles. The first kappa shape index (κ1) is 19.9. The van der Waals surface area contributed by atoms with Gasteiger partial charge in [-0.15, -0.1) is 0 Å². The fourth-order valence-electron chi connectivity index (χ4n) is 2.33. The molecule has 26 heavy (non-hydrogen) atoms. The molecule has 0 bridgehead atoms. The molecule has 0 radical (unpaired) electrons. The van der Waals surface area contributed by atoms with Gasteiger partial charge >= 0.3 is 0 Å². The summed E-state index contributed by atoms with van der Waals surface area (Å²) in [5, 5.41) is 2.82. The van der Waals surface area contributed by atoms with Crippen molar-refractivity contribution in [2.75, 3.05) is 17.1 Å². The quantitative estimate of drug-likeness (QED) is 0.805. The van der Waals surface area contributed by atoms with Crippen LogP contribution in [0.3, 0.4) is 0 Å². The van der Waals surface area contributed by atoms with Crippen molar-refractivity contribution in [1.82, 2.24) is 5.32 Å². The minimum atomic E-state index is -3.54. The van der Waals surface area contributed by atoms with Crippen molar-refractivity contribution in [3.8, 4) is 0 Å². The zero-order valence-electron chi connectivity index (χ0n) is 15.1. The smallest absolute Gasteiger partial charge is 0.251 e. The second-order valence-corrected chi connectivity index (χ2v) is 8.45. The maximum atomic E-state index is 13.0. The number of hydrogen-bond donors (Lipinski definition) is 1. The second kappa shape index (κ2) is 8.31. The van der Waals surface area contributed by atoms with Gasteiger partial charge in [0, 0.05) is 12.1 Å². The summed E-state index contributed by atoms with van der Waals surface area (Å²) in [5.41, 5.74) is 1.57. The van der Waals surface area contributed by atoms with Crippen LogP contribution in [0.1, 0.15) is 29.8 Å². The average Bonchev–Trinajstić information content (AvgIpc) is 2.58. The molecule has 0 spiro atoms. The van der Waals surface area contributed by atoms with E-state index in [1.54, 1.807) is 36.4 Å². The molecule has 7 heteroatoms. The van der Waals surface area contributed by atoms with Gasteiger partial charge in [0.05, 0.1) is 18.5 Å². The van der Waals surface area contributed by atoms with Gasteiger partial charge in [0.15, 0.2) is 0 Å². The third kappa shape index (κ3) is 5.56. The lowest BCUT2D eigenvalue weighted by atomic mass is 10.1. The number of hydrogen-bond acceptors (Lipinski definition) is 3. The first-order valence-corrected chi connectivity index (χ1v) is 10.1. The number of carbonyl (C=O) groups is 1. The van der Waals surface area contributed by atoms with Crippen LogP contribution >= 0.6 is 0 Å². The Morgan fingerprint density at radius 2 is 1.65 bits per heavy atom. The highest BCUT2D eigenvalue weighted by Crippen LogP contribution is 2.21. The fraction of sp³-hybridized carbons (Fsp3) is 0.316. The highest BCUT2D eigenvalue weighted by Gasteiger charge is 2.18.